The number of halogens is 1. The molecular weight excluding hydrogens is 310 g/mol. The molecule has 0 aliphatic heterocycles. The minimum Gasteiger partial charge on any atom is -0.492 e. The topological polar surface area (TPSA) is 38.3 Å². The molecule has 0 bridgehead atoms. The van der Waals surface area contributed by atoms with Gasteiger partial charge in [0.25, 0.3) is 0 Å². The molecule has 122 valence electrons. The van der Waals surface area contributed by atoms with Crippen molar-refractivity contribution < 1.29 is 9.53 Å². The predicted molar refractivity (Wildman–Crippen MR) is 94.3 cm³/mol. The summed E-state index contributed by atoms with van der Waals surface area (Å²) in [6.07, 6.45) is 0.388. The first-order chi connectivity index (χ1) is 11.0. The lowest BCUT2D eigenvalue weighted by molar-refractivity contribution is -0.120. The van der Waals surface area contributed by atoms with Gasteiger partial charge < -0.3 is 10.1 Å². The molecule has 0 heterocycles. The molecule has 2 aromatic rings. The molecule has 0 spiro atoms. The van der Waals surface area contributed by atoms with E-state index in [4.69, 9.17) is 16.3 Å². The lowest BCUT2D eigenvalue weighted by atomic mass is 10.1. The number of ether oxygens (including phenoxy) is 1. The molecular formula is C19H22ClNO2. The highest BCUT2D eigenvalue weighted by Crippen LogP contribution is 2.25. The first-order valence-corrected chi connectivity index (χ1v) is 8.05. The molecule has 0 atom stereocenters. The Morgan fingerprint density at radius 2 is 1.70 bits per heavy atom. The summed E-state index contributed by atoms with van der Waals surface area (Å²) < 4.78 is 5.67. The zero-order valence-corrected chi connectivity index (χ0v) is 14.5. The molecule has 0 fully saturated rings. The molecule has 0 radical (unpaired) electrons. The molecule has 23 heavy (non-hydrogen) atoms. The molecule has 2 aromatic carbocycles. The molecule has 0 aliphatic carbocycles. The van der Waals surface area contributed by atoms with Gasteiger partial charge in [-0.2, -0.15) is 0 Å². The number of nitrogens with one attached hydrogen (secondary N) is 1. The maximum atomic E-state index is 11.9. The molecule has 0 saturated carbocycles. The number of hydrogen-bond donors (Lipinski definition) is 1. The molecule has 0 unspecified atom stereocenters. The van der Waals surface area contributed by atoms with Crippen molar-refractivity contribution in [2.75, 3.05) is 13.2 Å². The Kier molecular flexibility index (Phi) is 6.05. The van der Waals surface area contributed by atoms with E-state index in [-0.39, 0.29) is 5.91 Å². The van der Waals surface area contributed by atoms with Crippen LogP contribution in [0.5, 0.6) is 5.75 Å². The van der Waals surface area contributed by atoms with Gasteiger partial charge >= 0.3 is 0 Å². The predicted octanol–water partition coefficient (Wildman–Crippen LogP) is 4.00. The van der Waals surface area contributed by atoms with E-state index in [1.165, 1.54) is 5.56 Å². The summed E-state index contributed by atoms with van der Waals surface area (Å²) in [6, 6.07) is 11.8. The molecule has 1 N–H and O–H groups in total. The highest BCUT2D eigenvalue weighted by atomic mass is 35.5. The van der Waals surface area contributed by atoms with Crippen LogP contribution in [0, 0.1) is 20.8 Å². The maximum absolute atomic E-state index is 11.9. The summed E-state index contributed by atoms with van der Waals surface area (Å²) in [5, 5.41) is 3.63. The van der Waals surface area contributed by atoms with Crippen LogP contribution >= 0.6 is 11.6 Å². The van der Waals surface area contributed by atoms with Gasteiger partial charge in [0.1, 0.15) is 12.4 Å². The summed E-state index contributed by atoms with van der Waals surface area (Å²) in [7, 11) is 0. The van der Waals surface area contributed by atoms with E-state index in [0.717, 1.165) is 27.5 Å². The van der Waals surface area contributed by atoms with Crippen LogP contribution in [0.25, 0.3) is 0 Å². The Balaban J connectivity index is 1.74. The first kappa shape index (κ1) is 17.4. The Bertz CT molecular complexity index is 657. The van der Waals surface area contributed by atoms with Crippen LogP contribution in [0.4, 0.5) is 0 Å². The number of aryl methyl sites for hydroxylation is 3. The third-order valence-electron chi connectivity index (χ3n) is 3.59. The third-order valence-corrected chi connectivity index (χ3v) is 4.18. The van der Waals surface area contributed by atoms with Gasteiger partial charge in [0, 0.05) is 5.02 Å². The third kappa shape index (κ3) is 5.29. The van der Waals surface area contributed by atoms with Crippen molar-refractivity contribution in [2.45, 2.75) is 27.2 Å². The van der Waals surface area contributed by atoms with Gasteiger partial charge in [-0.05, 0) is 49.6 Å². The van der Waals surface area contributed by atoms with E-state index in [9.17, 15) is 4.79 Å². The van der Waals surface area contributed by atoms with Crippen LogP contribution < -0.4 is 10.1 Å². The van der Waals surface area contributed by atoms with Crippen LogP contribution in [0.1, 0.15) is 22.3 Å². The minimum atomic E-state index is 0.000852. The van der Waals surface area contributed by atoms with Crippen LogP contribution in [-0.2, 0) is 11.2 Å². The smallest absolute Gasteiger partial charge is 0.224 e. The second-order valence-corrected chi connectivity index (χ2v) is 6.11. The average molecular weight is 332 g/mol. The van der Waals surface area contributed by atoms with E-state index in [0.29, 0.717) is 19.6 Å². The molecule has 3 nitrogen and oxygen atoms in total. The van der Waals surface area contributed by atoms with Crippen molar-refractivity contribution in [3.8, 4) is 5.75 Å². The Hall–Kier alpha value is -2.00. The fourth-order valence-electron chi connectivity index (χ4n) is 2.30. The quantitative estimate of drug-likeness (QED) is 0.812. The van der Waals surface area contributed by atoms with Gasteiger partial charge in [-0.25, -0.2) is 0 Å². The second-order valence-electron chi connectivity index (χ2n) is 5.73. The number of amides is 1. The highest BCUT2D eigenvalue weighted by Gasteiger charge is 2.05. The number of carbonyl (C=O) groups is 1. The molecule has 0 aromatic heterocycles. The fourth-order valence-corrected chi connectivity index (χ4v) is 2.41. The number of rotatable bonds is 6. The standard InChI is InChI=1S/C19H22ClNO2/c1-13-4-6-16(7-5-13)12-18(22)21-8-9-23-17-10-14(2)19(20)15(3)11-17/h4-7,10-11H,8-9,12H2,1-3H3,(H,21,22). The van der Waals surface area contributed by atoms with Gasteiger partial charge in [0.2, 0.25) is 5.91 Å². The van der Waals surface area contributed by atoms with E-state index >= 15 is 0 Å². The normalized spacial score (nSPS) is 10.4. The monoisotopic (exact) mass is 331 g/mol. The fraction of sp³-hybridized carbons (Fsp3) is 0.316. The van der Waals surface area contributed by atoms with Gasteiger partial charge in [-0.3, -0.25) is 4.79 Å². The number of carbonyl (C=O) groups excluding carboxylic acids is 1. The summed E-state index contributed by atoms with van der Waals surface area (Å²) in [4.78, 5) is 11.9. The van der Waals surface area contributed by atoms with Crippen molar-refractivity contribution in [2.24, 2.45) is 0 Å². The van der Waals surface area contributed by atoms with E-state index in [2.05, 4.69) is 5.32 Å². The van der Waals surface area contributed by atoms with Crippen molar-refractivity contribution >= 4 is 17.5 Å². The van der Waals surface area contributed by atoms with E-state index in [1.54, 1.807) is 0 Å². The summed E-state index contributed by atoms with van der Waals surface area (Å²) in [5.74, 6) is 0.776. The molecule has 2 rings (SSSR count). The maximum Gasteiger partial charge on any atom is 0.224 e. The molecule has 0 aliphatic rings. The van der Waals surface area contributed by atoms with Crippen LogP contribution in [-0.4, -0.2) is 19.1 Å². The minimum absolute atomic E-state index is 0.000852. The molecule has 0 saturated heterocycles. The average Bonchev–Trinajstić information content (AvgIpc) is 2.51. The SMILES string of the molecule is Cc1ccc(CC(=O)NCCOc2cc(C)c(Cl)c(C)c2)cc1. The number of hydrogen-bond acceptors (Lipinski definition) is 2. The van der Waals surface area contributed by atoms with Gasteiger partial charge in [-0.15, -0.1) is 0 Å². The van der Waals surface area contributed by atoms with Gasteiger partial charge in [-0.1, -0.05) is 41.4 Å². The van der Waals surface area contributed by atoms with Gasteiger partial charge in [0.15, 0.2) is 0 Å². The lowest BCUT2D eigenvalue weighted by Gasteiger charge is -2.11. The van der Waals surface area contributed by atoms with Crippen molar-refractivity contribution in [1.82, 2.24) is 5.32 Å². The summed E-state index contributed by atoms with van der Waals surface area (Å²) in [5.41, 5.74) is 4.18. The van der Waals surface area contributed by atoms with Crippen molar-refractivity contribution in [1.29, 1.82) is 0 Å². The highest BCUT2D eigenvalue weighted by molar-refractivity contribution is 6.32. The molecule has 1 amide bonds. The van der Waals surface area contributed by atoms with Crippen LogP contribution in [0.15, 0.2) is 36.4 Å². The molecule has 4 heteroatoms. The number of benzene rings is 2. The zero-order chi connectivity index (χ0) is 16.8. The second kappa shape index (κ2) is 8.02. The van der Waals surface area contributed by atoms with Crippen LogP contribution in [0.3, 0.4) is 0 Å². The van der Waals surface area contributed by atoms with E-state index in [1.807, 2.05) is 57.2 Å². The summed E-state index contributed by atoms with van der Waals surface area (Å²) >= 11 is 6.13. The first-order valence-electron chi connectivity index (χ1n) is 7.67. The van der Waals surface area contributed by atoms with Crippen molar-refractivity contribution in [3.05, 3.63) is 63.7 Å². The Morgan fingerprint density at radius 1 is 1.09 bits per heavy atom. The summed E-state index contributed by atoms with van der Waals surface area (Å²) in [6.45, 7) is 6.84. The Morgan fingerprint density at radius 3 is 2.30 bits per heavy atom. The Labute approximate surface area is 142 Å². The van der Waals surface area contributed by atoms with Gasteiger partial charge in [0.05, 0.1) is 13.0 Å². The lowest BCUT2D eigenvalue weighted by Crippen LogP contribution is -2.29. The van der Waals surface area contributed by atoms with Crippen molar-refractivity contribution in [3.63, 3.8) is 0 Å². The zero-order valence-electron chi connectivity index (χ0n) is 13.8. The van der Waals surface area contributed by atoms with E-state index < -0.39 is 0 Å². The largest absolute Gasteiger partial charge is 0.492 e. The van der Waals surface area contributed by atoms with Crippen LogP contribution in [0.2, 0.25) is 5.02 Å².